The van der Waals surface area contributed by atoms with Gasteiger partial charge in [0.2, 0.25) is 5.91 Å². The molecule has 8 heteroatoms. The highest BCUT2D eigenvalue weighted by atomic mass is 32.1. The first-order chi connectivity index (χ1) is 16.2. The second-order valence-electron chi connectivity index (χ2n) is 8.94. The Balaban J connectivity index is 1.17. The Labute approximate surface area is 199 Å². The predicted octanol–water partition coefficient (Wildman–Crippen LogP) is 3.55. The molecule has 2 fully saturated rings. The summed E-state index contributed by atoms with van der Waals surface area (Å²) < 4.78 is 5.00. The van der Waals surface area contributed by atoms with Crippen LogP contribution in [0.3, 0.4) is 0 Å². The molecule has 5 rings (SSSR count). The largest absolute Gasteiger partial charge is 0.325 e. The van der Waals surface area contributed by atoms with Crippen molar-refractivity contribution in [1.29, 1.82) is 0 Å². The van der Waals surface area contributed by atoms with Crippen LogP contribution >= 0.6 is 12.2 Å². The lowest BCUT2D eigenvalue weighted by molar-refractivity contribution is -0.117. The number of nitrogens with zero attached hydrogens (tertiary/aromatic N) is 5. The van der Waals surface area contributed by atoms with E-state index in [-0.39, 0.29) is 5.91 Å². The highest BCUT2D eigenvalue weighted by Gasteiger charge is 2.30. The topological polar surface area (TPSA) is 58.3 Å². The average Bonchev–Trinajstić information content (AvgIpc) is 3.63. The lowest BCUT2D eigenvalue weighted by Gasteiger charge is -2.33. The maximum absolute atomic E-state index is 12.4. The van der Waals surface area contributed by atoms with E-state index in [1.807, 2.05) is 41.1 Å². The van der Waals surface area contributed by atoms with Crippen molar-refractivity contribution in [1.82, 2.24) is 24.1 Å². The van der Waals surface area contributed by atoms with Crippen LogP contribution in [0, 0.1) is 4.77 Å². The number of benzene rings is 2. The number of anilines is 1. The minimum Gasteiger partial charge on any atom is -0.325 e. The van der Waals surface area contributed by atoms with Gasteiger partial charge in [0.1, 0.15) is 5.82 Å². The molecule has 0 unspecified atom stereocenters. The van der Waals surface area contributed by atoms with Gasteiger partial charge in [0.05, 0.1) is 19.8 Å². The van der Waals surface area contributed by atoms with Crippen molar-refractivity contribution in [2.75, 3.05) is 38.0 Å². The van der Waals surface area contributed by atoms with E-state index in [0.717, 1.165) is 49.0 Å². The van der Waals surface area contributed by atoms with Gasteiger partial charge >= 0.3 is 0 Å². The van der Waals surface area contributed by atoms with Crippen molar-refractivity contribution >= 4 is 23.8 Å². The number of rotatable bonds is 8. The van der Waals surface area contributed by atoms with E-state index in [2.05, 4.69) is 43.9 Å². The molecular formula is C25H30N6OS. The number of carbonyl (C=O) groups is 1. The van der Waals surface area contributed by atoms with Crippen molar-refractivity contribution in [2.45, 2.75) is 32.0 Å². The van der Waals surface area contributed by atoms with Crippen LogP contribution in [0.2, 0.25) is 0 Å². The van der Waals surface area contributed by atoms with Crippen LogP contribution < -0.4 is 5.32 Å². The monoisotopic (exact) mass is 462 g/mol. The molecule has 1 amide bonds. The summed E-state index contributed by atoms with van der Waals surface area (Å²) in [6, 6.07) is 20.1. The third-order valence-corrected chi connectivity index (χ3v) is 6.73. The van der Waals surface area contributed by atoms with E-state index in [9.17, 15) is 4.79 Å². The summed E-state index contributed by atoms with van der Waals surface area (Å²) in [6.07, 6.45) is 2.40. The zero-order valence-corrected chi connectivity index (χ0v) is 19.6. The molecular weight excluding hydrogens is 432 g/mol. The second-order valence-corrected chi connectivity index (χ2v) is 9.30. The van der Waals surface area contributed by atoms with Crippen LogP contribution in [-0.2, 0) is 18.0 Å². The number of nitrogens with one attached hydrogen (secondary N) is 1. The highest BCUT2D eigenvalue weighted by Crippen LogP contribution is 2.39. The molecule has 1 saturated carbocycles. The SMILES string of the molecule is O=C(CN1CCN(Cn2nc(C3CC3)n(Cc3ccccc3)c2=S)CC1)Nc1ccccc1. The van der Waals surface area contributed by atoms with Crippen LogP contribution in [0.15, 0.2) is 60.7 Å². The number of amides is 1. The number of hydrogen-bond acceptors (Lipinski definition) is 5. The molecule has 172 valence electrons. The summed E-state index contributed by atoms with van der Waals surface area (Å²) in [5, 5.41) is 7.90. The molecule has 2 heterocycles. The van der Waals surface area contributed by atoms with Crippen molar-refractivity contribution in [3.05, 3.63) is 76.8 Å². The van der Waals surface area contributed by atoms with Gasteiger partial charge in [0.15, 0.2) is 4.77 Å². The summed E-state index contributed by atoms with van der Waals surface area (Å²) in [5.74, 6) is 1.70. The van der Waals surface area contributed by atoms with Gasteiger partial charge in [-0.15, -0.1) is 0 Å². The molecule has 7 nitrogen and oxygen atoms in total. The van der Waals surface area contributed by atoms with E-state index < -0.39 is 0 Å². The van der Waals surface area contributed by atoms with Crippen molar-refractivity contribution in [3.63, 3.8) is 0 Å². The number of carbonyl (C=O) groups excluding carboxylic acids is 1. The van der Waals surface area contributed by atoms with E-state index in [1.54, 1.807) is 0 Å². The van der Waals surface area contributed by atoms with Crippen molar-refractivity contribution in [3.8, 4) is 0 Å². The third kappa shape index (κ3) is 5.58. The Bertz CT molecular complexity index is 1130. The number of hydrogen-bond donors (Lipinski definition) is 1. The van der Waals surface area contributed by atoms with Gasteiger partial charge in [-0.1, -0.05) is 48.5 Å². The lowest BCUT2D eigenvalue weighted by atomic mass is 10.2. The Morgan fingerprint density at radius 2 is 1.58 bits per heavy atom. The normalized spacial score (nSPS) is 17.2. The summed E-state index contributed by atoms with van der Waals surface area (Å²) in [5.41, 5.74) is 2.09. The van der Waals surface area contributed by atoms with E-state index in [4.69, 9.17) is 17.3 Å². The van der Waals surface area contributed by atoms with Gasteiger partial charge in [-0.3, -0.25) is 19.2 Å². The van der Waals surface area contributed by atoms with Gasteiger partial charge in [-0.05, 0) is 42.8 Å². The first-order valence-corrected chi connectivity index (χ1v) is 12.1. The van der Waals surface area contributed by atoms with Crippen LogP contribution in [0.25, 0.3) is 0 Å². The number of aromatic nitrogens is 3. The van der Waals surface area contributed by atoms with Gasteiger partial charge in [0, 0.05) is 37.8 Å². The molecule has 2 aromatic carbocycles. The molecule has 0 radical (unpaired) electrons. The predicted molar refractivity (Wildman–Crippen MR) is 132 cm³/mol. The summed E-state index contributed by atoms with van der Waals surface area (Å²) in [4.78, 5) is 16.9. The Morgan fingerprint density at radius 1 is 0.939 bits per heavy atom. The number of para-hydroxylation sites is 1. The molecule has 0 spiro atoms. The van der Waals surface area contributed by atoms with E-state index >= 15 is 0 Å². The maximum atomic E-state index is 12.4. The Kier molecular flexibility index (Phi) is 6.66. The quantitative estimate of drug-likeness (QED) is 0.519. The van der Waals surface area contributed by atoms with Gasteiger partial charge in [-0.2, -0.15) is 5.10 Å². The second kappa shape index (κ2) is 9.99. The van der Waals surface area contributed by atoms with Crippen molar-refractivity contribution in [2.24, 2.45) is 0 Å². The molecule has 1 saturated heterocycles. The third-order valence-electron chi connectivity index (χ3n) is 6.30. The van der Waals surface area contributed by atoms with Gasteiger partial charge < -0.3 is 5.32 Å². The van der Waals surface area contributed by atoms with Crippen LogP contribution in [0.4, 0.5) is 5.69 Å². The Morgan fingerprint density at radius 3 is 2.24 bits per heavy atom. The molecule has 1 aliphatic heterocycles. The first kappa shape index (κ1) is 22.0. The van der Waals surface area contributed by atoms with Crippen LogP contribution in [-0.4, -0.2) is 62.8 Å². The first-order valence-electron chi connectivity index (χ1n) is 11.7. The van der Waals surface area contributed by atoms with E-state index in [1.165, 1.54) is 18.4 Å². The zero-order valence-electron chi connectivity index (χ0n) is 18.8. The Hall–Kier alpha value is -2.81. The summed E-state index contributed by atoms with van der Waals surface area (Å²) in [6.45, 7) is 5.39. The minimum atomic E-state index is 0.0330. The minimum absolute atomic E-state index is 0.0330. The summed E-state index contributed by atoms with van der Waals surface area (Å²) >= 11 is 5.84. The molecule has 33 heavy (non-hydrogen) atoms. The molecule has 0 atom stereocenters. The lowest BCUT2D eigenvalue weighted by Crippen LogP contribution is -2.49. The van der Waals surface area contributed by atoms with Gasteiger partial charge in [-0.25, -0.2) is 4.68 Å². The standard InChI is InChI=1S/C25H30N6OS/c32-23(26-22-9-5-2-6-10-22)18-28-13-15-29(16-14-28)19-31-25(33)30(24(27-31)21-11-12-21)17-20-7-3-1-4-8-20/h1-10,21H,11-19H2,(H,26,32). The summed E-state index contributed by atoms with van der Waals surface area (Å²) in [7, 11) is 0. The molecule has 0 bridgehead atoms. The van der Waals surface area contributed by atoms with Crippen molar-refractivity contribution < 1.29 is 4.79 Å². The molecule has 1 N–H and O–H groups in total. The fraction of sp³-hybridized carbons (Fsp3) is 0.400. The smallest absolute Gasteiger partial charge is 0.238 e. The molecule has 1 aromatic heterocycles. The average molecular weight is 463 g/mol. The fourth-order valence-corrected chi connectivity index (χ4v) is 4.57. The van der Waals surface area contributed by atoms with E-state index in [0.29, 0.717) is 19.1 Å². The molecule has 3 aromatic rings. The van der Waals surface area contributed by atoms with Crippen LogP contribution in [0.1, 0.15) is 30.1 Å². The van der Waals surface area contributed by atoms with Crippen LogP contribution in [0.5, 0.6) is 0 Å². The molecule has 2 aliphatic rings. The highest BCUT2D eigenvalue weighted by molar-refractivity contribution is 7.71. The fourth-order valence-electron chi connectivity index (χ4n) is 4.31. The zero-order chi connectivity index (χ0) is 22.6. The number of piperazine rings is 1. The maximum Gasteiger partial charge on any atom is 0.238 e. The van der Waals surface area contributed by atoms with Gasteiger partial charge in [0.25, 0.3) is 0 Å². The molecule has 1 aliphatic carbocycles.